The molecular formula is C22H25N5O2S. The number of hydrogen-bond donors (Lipinski definition) is 1. The van der Waals surface area contributed by atoms with E-state index < -0.39 is 0 Å². The first-order chi connectivity index (χ1) is 14.6. The zero-order valence-electron chi connectivity index (χ0n) is 17.2. The van der Waals surface area contributed by atoms with Crippen LogP contribution >= 0.6 is 11.8 Å². The van der Waals surface area contributed by atoms with Gasteiger partial charge in [0, 0.05) is 31.1 Å². The summed E-state index contributed by atoms with van der Waals surface area (Å²) in [5.41, 5.74) is 4.30. The topological polar surface area (TPSA) is 81.9 Å². The number of pyridine rings is 1. The van der Waals surface area contributed by atoms with E-state index in [1.807, 2.05) is 16.7 Å². The van der Waals surface area contributed by atoms with Gasteiger partial charge in [-0.25, -0.2) is 0 Å². The van der Waals surface area contributed by atoms with Gasteiger partial charge >= 0.3 is 0 Å². The third kappa shape index (κ3) is 4.71. The molecule has 3 aromatic rings. The molecule has 1 N–H and O–H groups in total. The van der Waals surface area contributed by atoms with Gasteiger partial charge in [0.2, 0.25) is 5.91 Å². The normalized spacial score (nSPS) is 16.0. The Balaban J connectivity index is 1.55. The largest absolute Gasteiger partial charge is 0.376 e. The number of aryl methyl sites for hydroxylation is 2. The number of aromatic nitrogens is 4. The Morgan fingerprint density at radius 2 is 2.03 bits per heavy atom. The molecule has 0 saturated carbocycles. The predicted molar refractivity (Wildman–Crippen MR) is 117 cm³/mol. The summed E-state index contributed by atoms with van der Waals surface area (Å²) in [7, 11) is 0. The average Bonchev–Trinajstić information content (AvgIpc) is 3.43. The molecule has 1 aliphatic rings. The molecule has 0 aliphatic carbocycles. The maximum atomic E-state index is 12.3. The zero-order valence-corrected chi connectivity index (χ0v) is 18.0. The lowest BCUT2D eigenvalue weighted by Crippen LogP contribution is -2.32. The van der Waals surface area contributed by atoms with Crippen LogP contribution in [0.4, 0.5) is 0 Å². The molecule has 156 valence electrons. The van der Waals surface area contributed by atoms with Crippen LogP contribution in [-0.4, -0.2) is 50.7 Å². The highest BCUT2D eigenvalue weighted by atomic mass is 32.2. The number of ether oxygens (including phenoxy) is 1. The van der Waals surface area contributed by atoms with E-state index in [2.05, 4.69) is 52.5 Å². The molecule has 8 heteroatoms. The van der Waals surface area contributed by atoms with Gasteiger partial charge in [0.05, 0.1) is 17.5 Å². The van der Waals surface area contributed by atoms with Gasteiger partial charge in [-0.05, 0) is 62.1 Å². The minimum absolute atomic E-state index is 0.0319. The Kier molecular flexibility index (Phi) is 6.44. The third-order valence-electron chi connectivity index (χ3n) is 5.20. The maximum Gasteiger partial charge on any atom is 0.230 e. The first kappa shape index (κ1) is 20.6. The van der Waals surface area contributed by atoms with Crippen LogP contribution in [0.3, 0.4) is 0 Å². The van der Waals surface area contributed by atoms with Gasteiger partial charge in [0.15, 0.2) is 11.0 Å². The van der Waals surface area contributed by atoms with Crippen LogP contribution in [-0.2, 0) is 9.53 Å². The van der Waals surface area contributed by atoms with E-state index in [1.54, 1.807) is 12.4 Å². The van der Waals surface area contributed by atoms with Crippen molar-refractivity contribution in [2.75, 3.05) is 18.9 Å². The average molecular weight is 424 g/mol. The lowest BCUT2D eigenvalue weighted by molar-refractivity contribution is -0.119. The molecule has 4 rings (SSSR count). The van der Waals surface area contributed by atoms with Crippen LogP contribution in [0.2, 0.25) is 0 Å². The molecule has 2 aromatic heterocycles. The molecular weight excluding hydrogens is 398 g/mol. The zero-order chi connectivity index (χ0) is 20.9. The van der Waals surface area contributed by atoms with Gasteiger partial charge in [0.25, 0.3) is 0 Å². The van der Waals surface area contributed by atoms with E-state index in [4.69, 9.17) is 4.74 Å². The van der Waals surface area contributed by atoms with Crippen LogP contribution in [0, 0.1) is 13.8 Å². The highest BCUT2D eigenvalue weighted by Gasteiger charge is 2.19. The van der Waals surface area contributed by atoms with Crippen LogP contribution in [0.15, 0.2) is 47.9 Å². The predicted octanol–water partition coefficient (Wildman–Crippen LogP) is 3.33. The summed E-state index contributed by atoms with van der Waals surface area (Å²) in [6.45, 7) is 5.52. The molecule has 0 radical (unpaired) electrons. The quantitative estimate of drug-likeness (QED) is 0.587. The molecule has 7 nitrogen and oxygen atoms in total. The van der Waals surface area contributed by atoms with Crippen molar-refractivity contribution in [3.63, 3.8) is 0 Å². The molecule has 0 unspecified atom stereocenters. The van der Waals surface area contributed by atoms with Crippen LogP contribution in [0.1, 0.15) is 24.0 Å². The van der Waals surface area contributed by atoms with Crippen molar-refractivity contribution in [2.45, 2.75) is 37.9 Å². The first-order valence-corrected chi connectivity index (χ1v) is 11.0. The summed E-state index contributed by atoms with van der Waals surface area (Å²) in [4.78, 5) is 16.4. The molecule has 1 aliphatic heterocycles. The summed E-state index contributed by atoms with van der Waals surface area (Å²) in [6, 6.07) is 10.1. The second kappa shape index (κ2) is 9.40. The molecule has 30 heavy (non-hydrogen) atoms. The van der Waals surface area contributed by atoms with E-state index >= 15 is 0 Å². The van der Waals surface area contributed by atoms with Gasteiger partial charge in [-0.2, -0.15) is 0 Å². The molecule has 1 aromatic carbocycles. The monoisotopic (exact) mass is 423 g/mol. The van der Waals surface area contributed by atoms with Crippen LogP contribution < -0.4 is 5.32 Å². The van der Waals surface area contributed by atoms with Crippen molar-refractivity contribution in [3.8, 4) is 17.1 Å². The van der Waals surface area contributed by atoms with Gasteiger partial charge in [-0.15, -0.1) is 10.2 Å². The second-order valence-electron chi connectivity index (χ2n) is 7.37. The summed E-state index contributed by atoms with van der Waals surface area (Å²) < 4.78 is 7.56. The number of carbonyl (C=O) groups excluding carboxylic acids is 1. The number of rotatable bonds is 7. The number of thioether (sulfide) groups is 1. The van der Waals surface area contributed by atoms with Crippen molar-refractivity contribution in [3.05, 3.63) is 53.9 Å². The Morgan fingerprint density at radius 1 is 1.20 bits per heavy atom. The molecule has 1 saturated heterocycles. The molecule has 0 bridgehead atoms. The fourth-order valence-corrected chi connectivity index (χ4v) is 4.14. The maximum absolute atomic E-state index is 12.3. The van der Waals surface area contributed by atoms with Gasteiger partial charge in [-0.3, -0.25) is 14.3 Å². The Morgan fingerprint density at radius 3 is 2.77 bits per heavy atom. The lowest BCUT2D eigenvalue weighted by atomic mass is 10.1. The first-order valence-electron chi connectivity index (χ1n) is 10.1. The van der Waals surface area contributed by atoms with E-state index in [0.29, 0.717) is 11.7 Å². The van der Waals surface area contributed by atoms with Crippen LogP contribution in [0.5, 0.6) is 0 Å². The lowest BCUT2D eigenvalue weighted by Gasteiger charge is -2.13. The smallest absolute Gasteiger partial charge is 0.230 e. The van der Waals surface area contributed by atoms with E-state index in [0.717, 1.165) is 36.5 Å². The molecule has 1 atom stereocenters. The van der Waals surface area contributed by atoms with Crippen molar-refractivity contribution in [1.29, 1.82) is 0 Å². The Hall–Kier alpha value is -2.71. The van der Waals surface area contributed by atoms with Gasteiger partial charge in [0.1, 0.15) is 0 Å². The van der Waals surface area contributed by atoms with Gasteiger partial charge < -0.3 is 10.1 Å². The Labute approximate surface area is 180 Å². The third-order valence-corrected chi connectivity index (χ3v) is 6.13. The summed E-state index contributed by atoms with van der Waals surface area (Å²) >= 11 is 1.38. The number of nitrogens with one attached hydrogen (secondary N) is 1. The molecule has 1 amide bonds. The molecule has 3 heterocycles. The number of carbonyl (C=O) groups is 1. The van der Waals surface area contributed by atoms with Crippen molar-refractivity contribution < 1.29 is 9.53 Å². The SMILES string of the molecule is Cc1ccc(-n2c(SCC(=O)NC[C@@H]3CCCO3)nnc2-c2ccncc2)cc1C. The van der Waals surface area contributed by atoms with Crippen molar-refractivity contribution in [2.24, 2.45) is 0 Å². The highest BCUT2D eigenvalue weighted by molar-refractivity contribution is 7.99. The number of benzene rings is 1. The minimum Gasteiger partial charge on any atom is -0.376 e. The minimum atomic E-state index is -0.0319. The van der Waals surface area contributed by atoms with E-state index in [9.17, 15) is 4.79 Å². The van der Waals surface area contributed by atoms with E-state index in [-0.39, 0.29) is 17.8 Å². The molecule has 0 spiro atoms. The number of nitrogens with zero attached hydrogens (tertiary/aromatic N) is 4. The fraction of sp³-hybridized carbons (Fsp3) is 0.364. The highest BCUT2D eigenvalue weighted by Crippen LogP contribution is 2.28. The van der Waals surface area contributed by atoms with Crippen molar-refractivity contribution >= 4 is 17.7 Å². The van der Waals surface area contributed by atoms with Gasteiger partial charge in [-0.1, -0.05) is 17.8 Å². The fourth-order valence-electron chi connectivity index (χ4n) is 3.36. The Bertz CT molecular complexity index is 1020. The number of amides is 1. The second-order valence-corrected chi connectivity index (χ2v) is 8.32. The van der Waals surface area contributed by atoms with E-state index in [1.165, 1.54) is 22.9 Å². The number of hydrogen-bond acceptors (Lipinski definition) is 6. The molecule has 1 fully saturated rings. The summed E-state index contributed by atoms with van der Waals surface area (Å²) in [6.07, 6.45) is 5.67. The summed E-state index contributed by atoms with van der Waals surface area (Å²) in [5, 5.41) is 12.4. The van der Waals surface area contributed by atoms with Crippen LogP contribution in [0.25, 0.3) is 17.1 Å². The standard InChI is InChI=1S/C22H25N5O2S/c1-15-5-6-18(12-16(15)2)27-21(17-7-9-23-10-8-17)25-26-22(27)30-14-20(28)24-13-19-4-3-11-29-19/h5-10,12,19H,3-4,11,13-14H2,1-2H3,(H,24,28)/t19-/m0/s1. The van der Waals surface area contributed by atoms with Crippen molar-refractivity contribution in [1.82, 2.24) is 25.1 Å². The summed E-state index contributed by atoms with van der Waals surface area (Å²) in [5.74, 6) is 0.963.